The molecule has 0 bridgehead atoms. The molecule has 290 valence electrons. The maximum atomic E-state index is 13.8. The van der Waals surface area contributed by atoms with Crippen molar-refractivity contribution in [1.29, 1.82) is 0 Å². The Morgan fingerprint density at radius 1 is 0.408 bits per heavy atom. The summed E-state index contributed by atoms with van der Waals surface area (Å²) < 4.78 is 636. The van der Waals surface area contributed by atoms with Gasteiger partial charge in [-0.2, -0.15) is 0 Å². The molecule has 0 spiro atoms. The van der Waals surface area contributed by atoms with E-state index in [1.54, 1.807) is 0 Å². The van der Waals surface area contributed by atoms with Crippen LogP contribution < -0.4 is 0 Å². The molecule has 0 fully saturated rings. The summed E-state index contributed by atoms with van der Waals surface area (Å²) >= 11 is 0. The first-order chi connectivity index (χ1) is 52.7. The van der Waals surface area contributed by atoms with Crippen molar-refractivity contribution in [3.8, 4) is 0 Å². The largest absolute Gasteiger partial charge is 0.462 e. The van der Waals surface area contributed by atoms with E-state index in [4.69, 9.17) is 104 Å². The molecule has 0 atom stereocenters. The quantitative estimate of drug-likeness (QED) is 0.0457. The number of carbonyl (C=O) groups is 3. The highest BCUT2D eigenvalue weighted by atomic mass is 16.6. The molecule has 0 heterocycles. The number of esters is 3. The molecule has 49 heavy (non-hydrogen) atoms. The molecule has 0 saturated heterocycles. The summed E-state index contributed by atoms with van der Waals surface area (Å²) in [5.74, 6) is -9.18. The van der Waals surface area contributed by atoms with Gasteiger partial charge in [0.1, 0.15) is 13.2 Å². The number of rotatable bonds is 39. The summed E-state index contributed by atoms with van der Waals surface area (Å²) in [7, 11) is 0. The molecule has 0 amide bonds. The van der Waals surface area contributed by atoms with Gasteiger partial charge in [-0.25, -0.2) is 0 Å². The van der Waals surface area contributed by atoms with Crippen LogP contribution in [0.4, 0.5) is 0 Å². The van der Waals surface area contributed by atoms with Gasteiger partial charge < -0.3 is 14.2 Å². The molecule has 0 aromatic rings. The second kappa shape index (κ2) is 39.2. The average molecular weight is 772 g/mol. The fourth-order valence-electron chi connectivity index (χ4n) is 1.74. The Bertz CT molecular complexity index is 3640. The van der Waals surface area contributed by atoms with Crippen LogP contribution in [0, 0.1) is 0 Å². The molecule has 0 aromatic carbocycles. The molecule has 0 saturated carbocycles. The number of ether oxygens (including phenoxy) is 3. The van der Waals surface area contributed by atoms with E-state index in [2.05, 4.69) is 14.2 Å². The van der Waals surface area contributed by atoms with Crippen molar-refractivity contribution >= 4 is 17.9 Å². The fourth-order valence-corrected chi connectivity index (χ4v) is 1.74. The minimum absolute atomic E-state index is 2.41. The van der Waals surface area contributed by atoms with Gasteiger partial charge in [-0.1, -0.05) is 199 Å². The molecule has 0 aliphatic heterocycles. The summed E-state index contributed by atoms with van der Waals surface area (Å²) in [6.07, 6.45) is -184. The highest BCUT2D eigenvalue weighted by molar-refractivity contribution is 5.71. The van der Waals surface area contributed by atoms with E-state index in [0.29, 0.717) is 0 Å². The van der Waals surface area contributed by atoms with Crippen LogP contribution in [0.25, 0.3) is 0 Å². The molecular formula is C43H82O6. The lowest BCUT2D eigenvalue weighted by molar-refractivity contribution is -0.166. The van der Waals surface area contributed by atoms with Gasteiger partial charge in [0.2, 0.25) is 0 Å². The second-order valence-corrected chi connectivity index (χ2v) is 6.49. The highest BCUT2D eigenvalue weighted by Gasteiger charge is 2.19. The standard InChI is InChI=1S/C43H82O6/c1-4-7-9-11-13-15-17-19-21-23-25-27-29-31-33-36-41(44)47-38-40(49-43(46)35-6-3)39-48-42(45)37-34-32-30-28-26-24-22-20-18-16-14-12-10-8-5-2/h40H,4-39H2,1-3H3/i1D3,2D3,3D2,4D2,5D2,6D2,7D2,8D2,9D2,10D2,11D2,12D2,13D2,14D2,15D2,16D2,17D2,18D2,19D2,20D2,21D2,22D2,23D2,24D2,25D2,26D2,27D2,28D2,29D2,30D2,31D2,32D2,33D2,34D2,35D2,36D2,37D2. The van der Waals surface area contributed by atoms with Gasteiger partial charge in [0.05, 0.1) is 0 Å². The minimum atomic E-state index is -5.64. The lowest BCUT2D eigenvalue weighted by atomic mass is 10.0. The third-order valence-corrected chi connectivity index (χ3v) is 3.33. The van der Waals surface area contributed by atoms with E-state index in [1.807, 2.05) is 0 Å². The summed E-state index contributed by atoms with van der Waals surface area (Å²) in [4.78, 5) is 40.9. The lowest BCUT2D eigenvalue weighted by Gasteiger charge is -2.18. The van der Waals surface area contributed by atoms with Crippen molar-refractivity contribution in [1.82, 2.24) is 0 Å². The van der Waals surface area contributed by atoms with Crippen LogP contribution in [0.15, 0.2) is 0 Å². The summed E-state index contributed by atoms with van der Waals surface area (Å²) in [5.41, 5.74) is 0. The van der Waals surface area contributed by atoms with Crippen LogP contribution in [0.3, 0.4) is 0 Å². The van der Waals surface area contributed by atoms with Crippen molar-refractivity contribution < 1.29 is 133 Å². The third-order valence-electron chi connectivity index (χ3n) is 3.33. The number of carbonyl (C=O) groups excluding carboxylic acids is 3. The highest BCUT2D eigenvalue weighted by Crippen LogP contribution is 2.16. The van der Waals surface area contributed by atoms with Crippen LogP contribution in [0.2, 0.25) is 0 Å². The van der Waals surface area contributed by atoms with Crippen LogP contribution in [0.5, 0.6) is 0 Å². The van der Waals surface area contributed by atoms with Gasteiger partial charge in [0.15, 0.2) is 6.10 Å². The van der Waals surface area contributed by atoms with E-state index in [-0.39, 0.29) is 0 Å². The smallest absolute Gasteiger partial charge is 0.306 e. The molecular weight excluding hydrogens is 612 g/mol. The molecule has 6 heteroatoms. The van der Waals surface area contributed by atoms with Gasteiger partial charge in [-0.05, 0) is 19.1 Å². The molecule has 0 rings (SSSR count). The molecule has 0 aliphatic carbocycles. The second-order valence-electron chi connectivity index (χ2n) is 6.49. The fraction of sp³-hybridized carbons (Fsp3) is 0.930. The maximum absolute atomic E-state index is 13.8. The van der Waals surface area contributed by atoms with Crippen LogP contribution >= 0.6 is 0 Å². The van der Waals surface area contributed by atoms with Crippen LogP contribution in [-0.2, 0) is 28.6 Å². The first kappa shape index (κ1) is 6.81. The predicted octanol–water partition coefficient (Wildman–Crippen LogP) is 13.3. The SMILES string of the molecule is [2H]C([2H])C([2H])([2H])C([2H])([2H])C(=O)OC(COC(=O)C([2H])([2H])C([2H])([2H])C([2H])([2H])C([2H])([2H])C([2H])([2H])C([2H])([2H])C([2H])([2H])C([2H])([2H])C([2H])([2H])C([2H])([2H])C([2H])([2H])C([2H])([2H])C([2H])([2H])C([2H])([2H])C([2H])([2H])C([2H])([2H])C([2H])([2H])[2H])COC(=O)C([2H])([2H])C([2H])([2H])C([2H])([2H])C([2H])([2H])C([2H])([2H])C([2H])([2H])C([2H])([2H])C([2H])([2H])C([2H])([2H])C([2H])([2H])C([2H])([2H])C([2H])([2H])C([2H])([2H])C([2H])([2H])C([2H])([2H])C([2H])([2H])C([2H])([2H])[2H]. The van der Waals surface area contributed by atoms with E-state index in [9.17, 15) is 14.4 Å². The van der Waals surface area contributed by atoms with Gasteiger partial charge in [0.25, 0.3) is 0 Å². The van der Waals surface area contributed by atoms with Crippen molar-refractivity contribution in [2.45, 2.75) is 243 Å². The Morgan fingerprint density at radius 2 is 0.714 bits per heavy atom. The minimum Gasteiger partial charge on any atom is -0.462 e. The maximum Gasteiger partial charge on any atom is 0.306 e. The zero-order valence-corrected chi connectivity index (χ0v) is 24.5. The topological polar surface area (TPSA) is 78.9 Å². The average Bonchev–Trinajstić information content (AvgIpc) is 0.678. The van der Waals surface area contributed by atoms with Crippen molar-refractivity contribution in [2.75, 3.05) is 13.2 Å². The Kier molecular flexibility index (Phi) is 5.45. The normalized spacial score (nSPS) is 44.8. The molecule has 6 nitrogen and oxygen atoms in total. The summed E-state index contributed by atoms with van der Waals surface area (Å²) in [6, 6.07) is 0. The Hall–Kier alpha value is -1.59. The molecule has 0 aromatic heterocycles. The zero-order valence-electron chi connectivity index (χ0n) is 101. The molecule has 0 radical (unpaired) electrons. The number of hydrogen-bond acceptors (Lipinski definition) is 6. The van der Waals surface area contributed by atoms with Gasteiger partial charge in [-0.15, -0.1) is 0 Å². The number of hydrogen-bond donors (Lipinski definition) is 0. The monoisotopic (exact) mass is 771 g/mol. The molecule has 0 aliphatic rings. The van der Waals surface area contributed by atoms with Crippen molar-refractivity contribution in [2.24, 2.45) is 0 Å². The van der Waals surface area contributed by atoms with Gasteiger partial charge >= 0.3 is 17.9 Å². The van der Waals surface area contributed by atoms with E-state index < -0.39 is 274 Å². The van der Waals surface area contributed by atoms with Crippen molar-refractivity contribution in [3.63, 3.8) is 0 Å². The lowest BCUT2D eigenvalue weighted by Crippen LogP contribution is -2.30. The van der Waals surface area contributed by atoms with Gasteiger partial charge in [0, 0.05) is 123 Å². The van der Waals surface area contributed by atoms with E-state index in [0.717, 1.165) is 0 Å². The Labute approximate surface area is 411 Å². The third kappa shape index (κ3) is 37.5. The molecule has 0 unspecified atom stereocenters. The first-order valence-electron chi connectivity index (χ1n) is 50.3. The summed E-state index contributed by atoms with van der Waals surface area (Å²) in [6.45, 7) is -16.6. The molecule has 0 N–H and O–H groups in total. The van der Waals surface area contributed by atoms with Crippen LogP contribution in [0.1, 0.15) is 341 Å². The predicted molar refractivity (Wildman–Crippen MR) is 206 cm³/mol. The Morgan fingerprint density at radius 3 is 1.02 bits per heavy atom. The summed E-state index contributed by atoms with van der Waals surface area (Å²) in [5, 5.41) is 0. The van der Waals surface area contributed by atoms with Crippen LogP contribution in [-0.4, -0.2) is 37.2 Å². The van der Waals surface area contributed by atoms with Crippen molar-refractivity contribution in [3.05, 3.63) is 0 Å². The van der Waals surface area contributed by atoms with E-state index in [1.165, 1.54) is 0 Å². The van der Waals surface area contributed by atoms with E-state index >= 15 is 0 Å². The van der Waals surface area contributed by atoms with Gasteiger partial charge in [-0.3, -0.25) is 14.4 Å². The first-order valence-corrected chi connectivity index (χ1v) is 12.1. The zero-order chi connectivity index (χ0) is 103. The Balaban J connectivity index is 8.32.